The third kappa shape index (κ3) is 3.25. The van der Waals surface area contributed by atoms with Crippen molar-refractivity contribution in [2.45, 2.75) is 64.3 Å². The Balaban J connectivity index is 1.48. The summed E-state index contributed by atoms with van der Waals surface area (Å²) in [7, 11) is 0. The van der Waals surface area contributed by atoms with Gasteiger partial charge in [0.25, 0.3) is 0 Å². The lowest BCUT2D eigenvalue weighted by atomic mass is 9.71. The van der Waals surface area contributed by atoms with Crippen LogP contribution in [0.25, 0.3) is 0 Å². The minimum atomic E-state index is 0.687. The molecule has 3 heteroatoms. The third-order valence-corrected chi connectivity index (χ3v) is 5.24. The van der Waals surface area contributed by atoms with E-state index in [2.05, 4.69) is 29.2 Å². The molecule has 3 nitrogen and oxygen atoms in total. The lowest BCUT2D eigenvalue weighted by Crippen LogP contribution is -2.36. The van der Waals surface area contributed by atoms with Crippen LogP contribution in [-0.4, -0.2) is 22.9 Å². The molecule has 3 rings (SSSR count). The number of hydrogen-bond donors (Lipinski definition) is 1. The first-order chi connectivity index (χ1) is 9.86. The van der Waals surface area contributed by atoms with Crippen LogP contribution in [0.2, 0.25) is 0 Å². The first-order valence-electron chi connectivity index (χ1n) is 8.61. The molecule has 112 valence electrons. The van der Waals surface area contributed by atoms with Crippen LogP contribution in [0.3, 0.4) is 0 Å². The van der Waals surface area contributed by atoms with E-state index in [-0.39, 0.29) is 0 Å². The Morgan fingerprint density at radius 2 is 2.00 bits per heavy atom. The Bertz CT molecular complexity index is 406. The van der Waals surface area contributed by atoms with E-state index in [0.29, 0.717) is 6.04 Å². The molecule has 0 bridgehead atoms. The van der Waals surface area contributed by atoms with Gasteiger partial charge in [0, 0.05) is 6.20 Å². The van der Waals surface area contributed by atoms with Gasteiger partial charge < -0.3 is 5.32 Å². The lowest BCUT2D eigenvalue weighted by Gasteiger charge is -2.36. The van der Waals surface area contributed by atoms with Crippen molar-refractivity contribution in [3.63, 3.8) is 0 Å². The molecule has 2 saturated carbocycles. The van der Waals surface area contributed by atoms with Crippen molar-refractivity contribution in [2.75, 3.05) is 13.1 Å². The van der Waals surface area contributed by atoms with E-state index in [1.807, 2.05) is 0 Å². The third-order valence-electron chi connectivity index (χ3n) is 5.24. The number of nitrogens with one attached hydrogen (secondary N) is 1. The van der Waals surface area contributed by atoms with Gasteiger partial charge in [0.1, 0.15) is 0 Å². The average Bonchev–Trinajstić information content (AvgIpc) is 3.09. The van der Waals surface area contributed by atoms with Crippen molar-refractivity contribution in [1.29, 1.82) is 0 Å². The standard InChI is InChI=1S/C17H29N3/c1-2-10-18-13-15-8-7-14(15)12-16-9-11-20(19-16)17-5-3-4-6-17/h9,11,14-15,17-18H,2-8,10,12-13H2,1H3. The fourth-order valence-corrected chi connectivity index (χ4v) is 3.77. The minimum absolute atomic E-state index is 0.687. The van der Waals surface area contributed by atoms with Crippen molar-refractivity contribution in [1.82, 2.24) is 15.1 Å². The zero-order valence-corrected chi connectivity index (χ0v) is 12.9. The van der Waals surface area contributed by atoms with Crippen LogP contribution in [-0.2, 0) is 6.42 Å². The summed E-state index contributed by atoms with van der Waals surface area (Å²) in [4.78, 5) is 0. The molecule has 0 aliphatic heterocycles. The molecule has 1 aromatic heterocycles. The predicted molar refractivity (Wildman–Crippen MR) is 82.8 cm³/mol. The molecule has 0 saturated heterocycles. The van der Waals surface area contributed by atoms with Crippen LogP contribution in [0.4, 0.5) is 0 Å². The zero-order chi connectivity index (χ0) is 13.8. The van der Waals surface area contributed by atoms with E-state index in [1.54, 1.807) is 0 Å². The fraction of sp³-hybridized carbons (Fsp3) is 0.824. The van der Waals surface area contributed by atoms with Gasteiger partial charge in [0.15, 0.2) is 0 Å². The number of nitrogens with zero attached hydrogens (tertiary/aromatic N) is 2. The van der Waals surface area contributed by atoms with Gasteiger partial charge in [0.2, 0.25) is 0 Å². The highest BCUT2D eigenvalue weighted by atomic mass is 15.3. The highest BCUT2D eigenvalue weighted by molar-refractivity contribution is 5.03. The summed E-state index contributed by atoms with van der Waals surface area (Å²) in [5, 5.41) is 8.42. The molecule has 2 fully saturated rings. The quantitative estimate of drug-likeness (QED) is 0.771. The predicted octanol–water partition coefficient (Wildman–Crippen LogP) is 3.57. The Kier molecular flexibility index (Phi) is 4.77. The summed E-state index contributed by atoms with van der Waals surface area (Å²) in [6.45, 7) is 4.61. The molecular formula is C17H29N3. The maximum atomic E-state index is 4.84. The van der Waals surface area contributed by atoms with Gasteiger partial charge in [-0.1, -0.05) is 19.8 Å². The molecule has 0 spiro atoms. The smallest absolute Gasteiger partial charge is 0.0627 e. The second kappa shape index (κ2) is 6.75. The van der Waals surface area contributed by atoms with E-state index in [1.165, 1.54) is 70.2 Å². The second-order valence-electron chi connectivity index (χ2n) is 6.73. The molecule has 2 unspecified atom stereocenters. The van der Waals surface area contributed by atoms with Crippen molar-refractivity contribution in [2.24, 2.45) is 11.8 Å². The van der Waals surface area contributed by atoms with Crippen LogP contribution in [0.1, 0.15) is 63.6 Å². The zero-order valence-electron chi connectivity index (χ0n) is 12.9. The lowest BCUT2D eigenvalue weighted by molar-refractivity contribution is 0.169. The first-order valence-corrected chi connectivity index (χ1v) is 8.61. The Morgan fingerprint density at radius 1 is 1.20 bits per heavy atom. The monoisotopic (exact) mass is 275 g/mol. The molecule has 1 N–H and O–H groups in total. The van der Waals surface area contributed by atoms with E-state index in [9.17, 15) is 0 Å². The topological polar surface area (TPSA) is 29.9 Å². The maximum absolute atomic E-state index is 4.84. The molecule has 0 amide bonds. The van der Waals surface area contributed by atoms with Crippen molar-refractivity contribution < 1.29 is 0 Å². The molecule has 1 heterocycles. The van der Waals surface area contributed by atoms with Crippen LogP contribution in [0.5, 0.6) is 0 Å². The molecular weight excluding hydrogens is 246 g/mol. The summed E-state index contributed by atoms with van der Waals surface area (Å²) in [5.74, 6) is 1.75. The van der Waals surface area contributed by atoms with Crippen molar-refractivity contribution in [3.05, 3.63) is 18.0 Å². The number of hydrogen-bond acceptors (Lipinski definition) is 2. The van der Waals surface area contributed by atoms with Crippen LogP contribution >= 0.6 is 0 Å². The van der Waals surface area contributed by atoms with Gasteiger partial charge in [-0.15, -0.1) is 0 Å². The van der Waals surface area contributed by atoms with Crippen LogP contribution in [0, 0.1) is 11.8 Å². The summed E-state index contributed by atoms with van der Waals surface area (Å²) in [5.41, 5.74) is 1.32. The SMILES string of the molecule is CCCNCC1CCC1Cc1ccn(C2CCCC2)n1. The Hall–Kier alpha value is -0.830. The van der Waals surface area contributed by atoms with E-state index < -0.39 is 0 Å². The normalized spacial score (nSPS) is 26.9. The molecule has 20 heavy (non-hydrogen) atoms. The fourth-order valence-electron chi connectivity index (χ4n) is 3.77. The molecule has 1 aromatic rings. The summed E-state index contributed by atoms with van der Waals surface area (Å²) < 4.78 is 2.24. The van der Waals surface area contributed by atoms with Crippen LogP contribution < -0.4 is 5.32 Å². The van der Waals surface area contributed by atoms with Gasteiger partial charge in [-0.25, -0.2) is 0 Å². The van der Waals surface area contributed by atoms with E-state index >= 15 is 0 Å². The number of aromatic nitrogens is 2. The highest BCUT2D eigenvalue weighted by Gasteiger charge is 2.31. The molecule has 2 aliphatic carbocycles. The summed E-state index contributed by atoms with van der Waals surface area (Å²) >= 11 is 0. The second-order valence-corrected chi connectivity index (χ2v) is 6.73. The van der Waals surface area contributed by atoms with Crippen molar-refractivity contribution >= 4 is 0 Å². The highest BCUT2D eigenvalue weighted by Crippen LogP contribution is 2.36. The minimum Gasteiger partial charge on any atom is -0.316 e. The summed E-state index contributed by atoms with van der Waals surface area (Å²) in [6.07, 6.45) is 12.9. The molecule has 2 atom stereocenters. The van der Waals surface area contributed by atoms with Crippen LogP contribution in [0.15, 0.2) is 12.3 Å². The van der Waals surface area contributed by atoms with Gasteiger partial charge in [-0.05, 0) is 69.5 Å². The molecule has 0 aromatic carbocycles. The maximum Gasteiger partial charge on any atom is 0.0627 e. The van der Waals surface area contributed by atoms with Crippen molar-refractivity contribution in [3.8, 4) is 0 Å². The van der Waals surface area contributed by atoms with Gasteiger partial charge in [-0.2, -0.15) is 5.10 Å². The van der Waals surface area contributed by atoms with Gasteiger partial charge in [0.05, 0.1) is 11.7 Å². The molecule has 2 aliphatic rings. The Morgan fingerprint density at radius 3 is 2.70 bits per heavy atom. The summed E-state index contributed by atoms with van der Waals surface area (Å²) in [6, 6.07) is 2.94. The van der Waals surface area contributed by atoms with Gasteiger partial charge >= 0.3 is 0 Å². The average molecular weight is 275 g/mol. The molecule has 0 radical (unpaired) electrons. The van der Waals surface area contributed by atoms with E-state index in [4.69, 9.17) is 5.10 Å². The van der Waals surface area contributed by atoms with Gasteiger partial charge in [-0.3, -0.25) is 4.68 Å². The first kappa shape index (κ1) is 14.1. The number of rotatable bonds is 7. The van der Waals surface area contributed by atoms with E-state index in [0.717, 1.165) is 11.8 Å². The largest absolute Gasteiger partial charge is 0.316 e. The Labute approximate surface area is 123 Å².